The van der Waals surface area contributed by atoms with Gasteiger partial charge in [0.15, 0.2) is 5.92 Å². The average Bonchev–Trinajstić information content (AvgIpc) is 2.39. The lowest BCUT2D eigenvalue weighted by Gasteiger charge is -2.10. The van der Waals surface area contributed by atoms with E-state index in [0.717, 1.165) is 10.8 Å². The van der Waals surface area contributed by atoms with Gasteiger partial charge >= 0.3 is 5.97 Å². The number of hydrogen-bond acceptors (Lipinski definition) is 3. The van der Waals surface area contributed by atoms with Crippen LogP contribution in [0.3, 0.4) is 0 Å². The van der Waals surface area contributed by atoms with Gasteiger partial charge in [0.25, 0.3) is 0 Å². The molecule has 90 valence electrons. The fourth-order valence-electron chi connectivity index (χ4n) is 1.91. The summed E-state index contributed by atoms with van der Waals surface area (Å²) in [5.41, 5.74) is 0.487. The maximum absolute atomic E-state index is 11.1. The number of nitriles is 1. The van der Waals surface area contributed by atoms with Gasteiger partial charge in [-0.25, -0.2) is 0 Å². The van der Waals surface area contributed by atoms with E-state index in [4.69, 9.17) is 15.1 Å². The molecule has 2 aromatic carbocycles. The fraction of sp³-hybridized carbons (Fsp3) is 0.143. The number of benzene rings is 2. The number of carboxylic acid groups (broad SMARTS) is 1. The van der Waals surface area contributed by atoms with E-state index < -0.39 is 11.9 Å². The number of rotatable bonds is 3. The molecule has 1 atom stereocenters. The lowest BCUT2D eigenvalue weighted by atomic mass is 9.94. The first-order valence-corrected chi connectivity index (χ1v) is 5.36. The van der Waals surface area contributed by atoms with E-state index in [-0.39, 0.29) is 0 Å². The number of hydrogen-bond donors (Lipinski definition) is 1. The van der Waals surface area contributed by atoms with Crippen LogP contribution < -0.4 is 4.74 Å². The van der Waals surface area contributed by atoms with Crippen LogP contribution in [-0.4, -0.2) is 18.2 Å². The molecule has 4 heteroatoms. The third-order valence-corrected chi connectivity index (χ3v) is 2.81. The smallest absolute Gasteiger partial charge is 0.325 e. The van der Waals surface area contributed by atoms with Crippen molar-refractivity contribution in [1.82, 2.24) is 0 Å². The van der Waals surface area contributed by atoms with E-state index in [1.165, 1.54) is 0 Å². The lowest BCUT2D eigenvalue weighted by Crippen LogP contribution is -2.09. The molecule has 0 bridgehead atoms. The fourth-order valence-corrected chi connectivity index (χ4v) is 1.91. The standard InChI is InChI=1S/C14H11NO3/c1-18-10-6-5-9-3-2-4-11(12(9)7-10)13(8-15)14(16)17/h2-7,13H,1H3,(H,16,17). The van der Waals surface area contributed by atoms with Crippen molar-refractivity contribution in [1.29, 1.82) is 5.26 Å². The van der Waals surface area contributed by atoms with Gasteiger partial charge in [-0.05, 0) is 28.5 Å². The van der Waals surface area contributed by atoms with Crippen LogP contribution >= 0.6 is 0 Å². The largest absolute Gasteiger partial charge is 0.497 e. The van der Waals surface area contributed by atoms with Crippen molar-refractivity contribution in [3.63, 3.8) is 0 Å². The second kappa shape index (κ2) is 4.76. The van der Waals surface area contributed by atoms with E-state index in [9.17, 15) is 4.79 Å². The highest BCUT2D eigenvalue weighted by Gasteiger charge is 2.21. The molecule has 4 nitrogen and oxygen atoms in total. The predicted octanol–water partition coefficient (Wildman–Crippen LogP) is 2.54. The summed E-state index contributed by atoms with van der Waals surface area (Å²) in [6.07, 6.45) is 0. The van der Waals surface area contributed by atoms with Gasteiger partial charge in [-0.2, -0.15) is 5.26 Å². The minimum Gasteiger partial charge on any atom is -0.497 e. The van der Waals surface area contributed by atoms with Gasteiger partial charge < -0.3 is 9.84 Å². The maximum atomic E-state index is 11.1. The summed E-state index contributed by atoms with van der Waals surface area (Å²) in [6, 6.07) is 12.5. The molecule has 18 heavy (non-hydrogen) atoms. The minimum atomic E-state index is -1.17. The molecule has 0 aliphatic heterocycles. The highest BCUT2D eigenvalue weighted by atomic mass is 16.5. The Morgan fingerprint density at radius 2 is 2.17 bits per heavy atom. The summed E-state index contributed by atoms with van der Waals surface area (Å²) in [6.45, 7) is 0. The molecule has 0 heterocycles. The summed E-state index contributed by atoms with van der Waals surface area (Å²) < 4.78 is 5.12. The van der Waals surface area contributed by atoms with E-state index in [1.54, 1.807) is 31.4 Å². The van der Waals surface area contributed by atoms with E-state index in [2.05, 4.69) is 0 Å². The Labute approximate surface area is 104 Å². The second-order valence-electron chi connectivity index (χ2n) is 3.83. The van der Waals surface area contributed by atoms with Gasteiger partial charge in [0.05, 0.1) is 13.2 Å². The molecule has 0 spiro atoms. The number of fused-ring (bicyclic) bond motifs is 1. The Bertz CT molecular complexity index is 643. The Morgan fingerprint density at radius 3 is 2.78 bits per heavy atom. The van der Waals surface area contributed by atoms with Crippen LogP contribution in [-0.2, 0) is 4.79 Å². The van der Waals surface area contributed by atoms with Crippen molar-refractivity contribution < 1.29 is 14.6 Å². The summed E-state index contributed by atoms with van der Waals surface area (Å²) in [4.78, 5) is 11.1. The van der Waals surface area contributed by atoms with Crippen LogP contribution in [0.1, 0.15) is 11.5 Å². The first-order valence-electron chi connectivity index (χ1n) is 5.36. The van der Waals surface area contributed by atoms with Gasteiger partial charge in [0.1, 0.15) is 5.75 Å². The molecule has 1 unspecified atom stereocenters. The minimum absolute atomic E-state index is 0.487. The van der Waals surface area contributed by atoms with Crippen LogP contribution in [0.15, 0.2) is 36.4 Å². The highest BCUT2D eigenvalue weighted by molar-refractivity contribution is 5.92. The molecule has 0 aliphatic carbocycles. The van der Waals surface area contributed by atoms with Gasteiger partial charge in [-0.15, -0.1) is 0 Å². The SMILES string of the molecule is COc1ccc2cccc(C(C#N)C(=O)O)c2c1. The third kappa shape index (κ3) is 1.98. The number of carbonyl (C=O) groups is 1. The molecule has 0 fully saturated rings. The first kappa shape index (κ1) is 11.9. The number of nitrogens with zero attached hydrogens (tertiary/aromatic N) is 1. The molecular weight excluding hydrogens is 230 g/mol. The van der Waals surface area contributed by atoms with Crippen LogP contribution in [0.2, 0.25) is 0 Å². The van der Waals surface area contributed by atoms with Crippen molar-refractivity contribution >= 4 is 16.7 Å². The Balaban J connectivity index is 2.70. The molecule has 1 N–H and O–H groups in total. The molecule has 0 saturated heterocycles. The summed E-state index contributed by atoms with van der Waals surface area (Å²) in [5, 5.41) is 19.6. The molecule has 0 amide bonds. The maximum Gasteiger partial charge on any atom is 0.325 e. The van der Waals surface area contributed by atoms with Gasteiger partial charge in [-0.3, -0.25) is 4.79 Å². The Kier molecular flexibility index (Phi) is 3.16. The van der Waals surface area contributed by atoms with Crippen molar-refractivity contribution in [2.24, 2.45) is 0 Å². The molecular formula is C14H11NO3. The predicted molar refractivity (Wildman–Crippen MR) is 66.5 cm³/mol. The van der Waals surface area contributed by atoms with Crippen LogP contribution in [0.25, 0.3) is 10.8 Å². The summed E-state index contributed by atoms with van der Waals surface area (Å²) >= 11 is 0. The van der Waals surface area contributed by atoms with Crippen LogP contribution in [0.5, 0.6) is 5.75 Å². The monoisotopic (exact) mass is 241 g/mol. The number of methoxy groups -OCH3 is 1. The Hall–Kier alpha value is -2.54. The third-order valence-electron chi connectivity index (χ3n) is 2.81. The van der Waals surface area contributed by atoms with E-state index in [0.29, 0.717) is 11.3 Å². The molecule has 0 aliphatic rings. The van der Waals surface area contributed by atoms with E-state index >= 15 is 0 Å². The van der Waals surface area contributed by atoms with Crippen molar-refractivity contribution in [3.8, 4) is 11.8 Å². The topological polar surface area (TPSA) is 70.3 Å². The zero-order valence-corrected chi connectivity index (χ0v) is 9.75. The van der Waals surface area contributed by atoms with Gasteiger partial charge in [0.2, 0.25) is 0 Å². The molecule has 0 radical (unpaired) electrons. The number of carboxylic acids is 1. The van der Waals surface area contributed by atoms with Gasteiger partial charge in [-0.1, -0.05) is 24.3 Å². The quantitative estimate of drug-likeness (QED) is 0.896. The average molecular weight is 241 g/mol. The highest BCUT2D eigenvalue weighted by Crippen LogP contribution is 2.28. The first-order chi connectivity index (χ1) is 8.67. The summed E-state index contributed by atoms with van der Waals surface area (Å²) in [7, 11) is 1.54. The lowest BCUT2D eigenvalue weighted by molar-refractivity contribution is -0.137. The second-order valence-corrected chi connectivity index (χ2v) is 3.83. The zero-order valence-electron chi connectivity index (χ0n) is 9.75. The van der Waals surface area contributed by atoms with Crippen LogP contribution in [0, 0.1) is 11.3 Å². The molecule has 0 aromatic heterocycles. The zero-order chi connectivity index (χ0) is 13.1. The van der Waals surface area contributed by atoms with Crippen LogP contribution in [0.4, 0.5) is 0 Å². The molecule has 2 rings (SSSR count). The normalized spacial score (nSPS) is 11.8. The summed E-state index contributed by atoms with van der Waals surface area (Å²) in [5.74, 6) is -1.68. The van der Waals surface area contributed by atoms with Crippen molar-refractivity contribution in [2.75, 3.05) is 7.11 Å². The number of ether oxygens (including phenoxy) is 1. The van der Waals surface area contributed by atoms with Crippen molar-refractivity contribution in [2.45, 2.75) is 5.92 Å². The molecule has 0 saturated carbocycles. The molecule has 2 aromatic rings. The Morgan fingerprint density at radius 1 is 1.39 bits per heavy atom. The van der Waals surface area contributed by atoms with E-state index in [1.807, 2.05) is 18.2 Å². The van der Waals surface area contributed by atoms with Gasteiger partial charge in [0, 0.05) is 0 Å². The number of aliphatic carboxylic acids is 1. The van der Waals surface area contributed by atoms with Crippen molar-refractivity contribution in [3.05, 3.63) is 42.0 Å².